The molecule has 2 atom stereocenters. The first kappa shape index (κ1) is 36.4. The number of rotatable bonds is 11. The van der Waals surface area contributed by atoms with Crippen LogP contribution in [-0.4, -0.2) is 53.3 Å². The van der Waals surface area contributed by atoms with E-state index in [0.29, 0.717) is 22.8 Å². The number of carbonyl (C=O) groups is 1. The summed E-state index contributed by atoms with van der Waals surface area (Å²) in [7, 11) is -3.86. The maximum Gasteiger partial charge on any atom is 0.239 e. The average Bonchev–Trinajstić information content (AvgIpc) is 3.50. The molecule has 240 valence electrons. The van der Waals surface area contributed by atoms with Crippen molar-refractivity contribution in [3.8, 4) is 11.3 Å². The summed E-state index contributed by atoms with van der Waals surface area (Å²) in [5.74, 6) is -1.91. The normalized spacial score (nSPS) is 14.3. The monoisotopic (exact) mass is 733 g/mol. The molecule has 1 aliphatic rings. The van der Waals surface area contributed by atoms with E-state index in [4.69, 9.17) is 0 Å². The van der Waals surface area contributed by atoms with Crippen LogP contribution in [0.15, 0.2) is 67.0 Å². The van der Waals surface area contributed by atoms with Gasteiger partial charge in [0.25, 0.3) is 0 Å². The number of aromatic nitrogens is 2. The van der Waals surface area contributed by atoms with Gasteiger partial charge in [-0.05, 0) is 48.8 Å². The lowest BCUT2D eigenvalue weighted by molar-refractivity contribution is -0.123. The van der Waals surface area contributed by atoms with Crippen molar-refractivity contribution in [3.05, 3.63) is 90.0 Å². The number of nitrogens with zero attached hydrogens (tertiary/aromatic N) is 2. The Hall–Kier alpha value is -2.84. The quantitative estimate of drug-likeness (QED) is 0.146. The van der Waals surface area contributed by atoms with Crippen molar-refractivity contribution >= 4 is 38.5 Å². The molecule has 0 radical (unpaired) electrons. The molecule has 2 aromatic carbocycles. The van der Waals surface area contributed by atoms with Gasteiger partial charge in [0.05, 0.1) is 23.7 Å². The average molecular weight is 734 g/mol. The second-order valence-corrected chi connectivity index (χ2v) is 11.5. The number of nitrogens with one attached hydrogen (secondary N) is 3. The molecule has 1 amide bonds. The Morgan fingerprint density at radius 1 is 1.12 bits per heavy atom. The standard InChI is InChI=1S/C28H33F2N5O3S.C2H6.CH3I.2H2/c1-19(35-13-7-4-8-14-35)15-25(34-39(37,38)18-21-9-5-3-6-10-21)28(36)32-20(2)27-31-17-26(33-27)23-12-11-22(29)16-24(23)30;2*1-2;;/h3,5-6,9-12,16-17,20,25,34H,1,4,7-8,13-15,18H2,2H3,(H,31,33)(H,32,36);1-2H3;1H3;2*1H/t20-,25-;;;;/m0..../s1. The summed E-state index contributed by atoms with van der Waals surface area (Å²) in [4.78, 5) is 24.7. The van der Waals surface area contributed by atoms with Crippen LogP contribution in [0, 0.1) is 11.6 Å². The lowest BCUT2D eigenvalue weighted by atomic mass is 10.1. The minimum atomic E-state index is -3.86. The molecule has 43 heavy (non-hydrogen) atoms. The van der Waals surface area contributed by atoms with Gasteiger partial charge < -0.3 is 15.2 Å². The Bertz CT molecular complexity index is 1430. The summed E-state index contributed by atoms with van der Waals surface area (Å²) >= 11 is 2.15. The van der Waals surface area contributed by atoms with E-state index in [1.807, 2.05) is 18.8 Å². The van der Waals surface area contributed by atoms with Crippen LogP contribution in [0.5, 0.6) is 0 Å². The fraction of sp³-hybridized carbons (Fsp3) is 0.419. The first-order valence-corrected chi connectivity index (χ1v) is 18.1. The molecule has 3 N–H and O–H groups in total. The third kappa shape index (κ3) is 11.3. The topological polar surface area (TPSA) is 107 Å². The molecule has 1 aromatic heterocycles. The van der Waals surface area contributed by atoms with Gasteiger partial charge in [-0.1, -0.05) is 73.3 Å². The molecule has 8 nitrogen and oxygen atoms in total. The zero-order valence-corrected chi connectivity index (χ0v) is 28.1. The number of hydrogen-bond donors (Lipinski definition) is 3. The van der Waals surface area contributed by atoms with Gasteiger partial charge in [-0.2, -0.15) is 0 Å². The van der Waals surface area contributed by atoms with E-state index in [1.165, 1.54) is 12.3 Å². The highest BCUT2D eigenvalue weighted by Crippen LogP contribution is 2.24. The van der Waals surface area contributed by atoms with Gasteiger partial charge >= 0.3 is 0 Å². The largest absolute Gasteiger partial charge is 0.375 e. The fourth-order valence-electron chi connectivity index (χ4n) is 4.60. The van der Waals surface area contributed by atoms with E-state index < -0.39 is 39.6 Å². The predicted molar refractivity (Wildman–Crippen MR) is 181 cm³/mol. The number of piperidine rings is 1. The molecule has 0 saturated carbocycles. The van der Waals surface area contributed by atoms with Crippen LogP contribution < -0.4 is 10.0 Å². The van der Waals surface area contributed by atoms with E-state index in [1.54, 1.807) is 37.3 Å². The third-order valence-electron chi connectivity index (χ3n) is 6.67. The summed E-state index contributed by atoms with van der Waals surface area (Å²) in [6.07, 6.45) is 4.66. The van der Waals surface area contributed by atoms with Crippen molar-refractivity contribution in [1.29, 1.82) is 0 Å². The van der Waals surface area contributed by atoms with Crippen LogP contribution in [0.4, 0.5) is 8.78 Å². The van der Waals surface area contributed by atoms with Crippen molar-refractivity contribution in [3.63, 3.8) is 0 Å². The summed E-state index contributed by atoms with van der Waals surface area (Å²) in [5.41, 5.74) is 1.75. The second kappa shape index (κ2) is 18.1. The zero-order chi connectivity index (χ0) is 32.0. The molecule has 1 aliphatic heterocycles. The van der Waals surface area contributed by atoms with Crippen LogP contribution in [-0.2, 0) is 20.6 Å². The van der Waals surface area contributed by atoms with Crippen LogP contribution in [0.25, 0.3) is 11.3 Å². The van der Waals surface area contributed by atoms with Gasteiger partial charge in [0.15, 0.2) is 0 Å². The van der Waals surface area contributed by atoms with Crippen LogP contribution in [0.2, 0.25) is 0 Å². The van der Waals surface area contributed by atoms with Gasteiger partial charge in [0.1, 0.15) is 23.5 Å². The Labute approximate surface area is 270 Å². The number of imidazole rings is 1. The minimum Gasteiger partial charge on any atom is -0.375 e. The van der Waals surface area contributed by atoms with Crippen molar-refractivity contribution in [2.45, 2.75) is 64.3 Å². The molecule has 1 saturated heterocycles. The van der Waals surface area contributed by atoms with E-state index in [9.17, 15) is 22.0 Å². The molecule has 0 bridgehead atoms. The third-order valence-corrected chi connectivity index (χ3v) is 8.02. The number of halogens is 3. The van der Waals surface area contributed by atoms with Gasteiger partial charge in [-0.15, -0.1) is 0 Å². The molecule has 0 spiro atoms. The first-order valence-electron chi connectivity index (χ1n) is 14.3. The second-order valence-electron chi connectivity index (χ2n) is 9.77. The summed E-state index contributed by atoms with van der Waals surface area (Å²) in [6.45, 7) is 11.4. The highest BCUT2D eigenvalue weighted by molar-refractivity contribution is 14.1. The Morgan fingerprint density at radius 2 is 1.77 bits per heavy atom. The van der Waals surface area contributed by atoms with Gasteiger partial charge in [-0.25, -0.2) is 26.9 Å². The summed E-state index contributed by atoms with van der Waals surface area (Å²) < 4.78 is 56.1. The van der Waals surface area contributed by atoms with Crippen molar-refractivity contribution < 1.29 is 24.8 Å². The molecule has 0 aliphatic carbocycles. The smallest absolute Gasteiger partial charge is 0.239 e. The van der Waals surface area contributed by atoms with E-state index >= 15 is 0 Å². The summed E-state index contributed by atoms with van der Waals surface area (Å²) in [5, 5.41) is 2.81. The maximum absolute atomic E-state index is 14.2. The summed E-state index contributed by atoms with van der Waals surface area (Å²) in [6, 6.07) is 10.2. The first-order chi connectivity index (χ1) is 20.6. The number of carbonyl (C=O) groups excluding carboxylic acids is 1. The highest BCUT2D eigenvalue weighted by atomic mass is 127. The molecule has 12 heteroatoms. The number of aromatic amines is 1. The number of likely N-dealkylation sites (tertiary alicyclic amines) is 1. The Kier molecular flexibility index (Phi) is 15.3. The number of hydrogen-bond acceptors (Lipinski definition) is 5. The number of amides is 1. The van der Waals surface area contributed by atoms with Crippen molar-refractivity contribution in [2.24, 2.45) is 0 Å². The van der Waals surface area contributed by atoms with Gasteiger partial charge in [-0.3, -0.25) is 4.79 Å². The molecule has 2 heterocycles. The van der Waals surface area contributed by atoms with E-state index in [0.717, 1.165) is 44.5 Å². The molecule has 4 rings (SSSR count). The Balaban J connectivity index is 0.00000310. The molecular formula is C31H46F2IN5O3S. The lowest BCUT2D eigenvalue weighted by Crippen LogP contribution is -2.48. The van der Waals surface area contributed by atoms with Crippen LogP contribution in [0.1, 0.15) is 66.7 Å². The number of sulfonamides is 1. The van der Waals surface area contributed by atoms with Gasteiger partial charge in [0, 0.05) is 39.7 Å². The SMILES string of the molecule is C=C(C[C@H](NS(=O)(=O)Cc1ccccc1)C(=O)N[C@@H](C)c1ncc(-c2ccc(F)cc2F)[nH]1)N1CCCCC1.CC.CI.[HH].[HH]. The predicted octanol–water partition coefficient (Wildman–Crippen LogP) is 6.98. The highest BCUT2D eigenvalue weighted by Gasteiger charge is 2.29. The van der Waals surface area contributed by atoms with Gasteiger partial charge in [0.2, 0.25) is 15.9 Å². The minimum absolute atomic E-state index is 0. The number of H-pyrrole nitrogens is 1. The van der Waals surface area contributed by atoms with Crippen LogP contribution >= 0.6 is 22.6 Å². The number of alkyl halides is 1. The van der Waals surface area contributed by atoms with E-state index in [2.05, 4.69) is 54.1 Å². The Morgan fingerprint density at radius 3 is 2.40 bits per heavy atom. The molecule has 3 aromatic rings. The van der Waals surface area contributed by atoms with E-state index in [-0.39, 0.29) is 20.6 Å². The zero-order valence-electron chi connectivity index (χ0n) is 25.2. The van der Waals surface area contributed by atoms with Crippen molar-refractivity contribution in [2.75, 3.05) is 18.0 Å². The van der Waals surface area contributed by atoms with Crippen LogP contribution in [0.3, 0.4) is 0 Å². The maximum atomic E-state index is 14.2. The molecule has 0 unspecified atom stereocenters. The van der Waals surface area contributed by atoms with Crippen molar-refractivity contribution in [1.82, 2.24) is 24.9 Å². The molecule has 1 fully saturated rings. The number of benzene rings is 2. The fourth-order valence-corrected chi connectivity index (χ4v) is 5.94. The lowest BCUT2D eigenvalue weighted by Gasteiger charge is -2.32. The molecular weight excluding hydrogens is 687 g/mol.